The second-order valence-electron chi connectivity index (χ2n) is 5.37. The van der Waals surface area contributed by atoms with E-state index >= 15 is 0 Å². The summed E-state index contributed by atoms with van der Waals surface area (Å²) in [4.78, 5) is 0. The predicted octanol–water partition coefficient (Wildman–Crippen LogP) is 3.15. The average molecular weight is 300 g/mol. The number of rotatable bonds is 3. The van der Waals surface area contributed by atoms with Crippen molar-refractivity contribution in [3.05, 3.63) is 41.9 Å². The van der Waals surface area contributed by atoms with Crippen LogP contribution in [0, 0.1) is 18.2 Å². The first-order valence-electron chi connectivity index (χ1n) is 6.81. The summed E-state index contributed by atoms with van der Waals surface area (Å²) in [6.07, 6.45) is 3.28. The van der Waals surface area contributed by atoms with Crippen molar-refractivity contribution < 1.29 is 17.2 Å². The molecule has 2 aliphatic rings. The van der Waals surface area contributed by atoms with Crippen LogP contribution in [0.15, 0.2) is 18.2 Å². The zero-order valence-corrected chi connectivity index (χ0v) is 11.7. The fourth-order valence-electron chi connectivity index (χ4n) is 2.80. The topological polar surface area (TPSA) is 37.4 Å². The van der Waals surface area contributed by atoms with Crippen molar-refractivity contribution in [3.63, 3.8) is 0 Å². The molecule has 0 spiro atoms. The molecule has 6 heteroatoms. The molecule has 1 aliphatic heterocycles. The van der Waals surface area contributed by atoms with E-state index < -0.39 is 27.7 Å². The third-order valence-electron chi connectivity index (χ3n) is 4.14. The lowest BCUT2D eigenvalue weighted by molar-refractivity contribution is 0.381. The molecule has 0 aromatic heterocycles. The van der Waals surface area contributed by atoms with Gasteiger partial charge >= 0.3 is 0 Å². The van der Waals surface area contributed by atoms with Crippen LogP contribution in [0.1, 0.15) is 43.7 Å². The molecule has 20 heavy (non-hydrogen) atoms. The van der Waals surface area contributed by atoms with Crippen LogP contribution < -0.4 is 0 Å². The van der Waals surface area contributed by atoms with E-state index in [-0.39, 0.29) is 10.8 Å². The minimum atomic E-state index is -3.44. The normalized spacial score (nSPS) is 24.8. The highest BCUT2D eigenvalue weighted by atomic mass is 32.2. The highest BCUT2D eigenvalue weighted by molar-refractivity contribution is 7.89. The van der Waals surface area contributed by atoms with Gasteiger partial charge in [-0.25, -0.2) is 17.2 Å². The summed E-state index contributed by atoms with van der Waals surface area (Å²) in [6, 6.07) is 2.58. The van der Waals surface area contributed by atoms with Gasteiger partial charge in [-0.2, -0.15) is 4.31 Å². The fraction of sp³-hybridized carbons (Fsp3) is 0.500. The Hall–Kier alpha value is -1.01. The summed E-state index contributed by atoms with van der Waals surface area (Å²) in [5.41, 5.74) is 0.127. The molecule has 2 fully saturated rings. The van der Waals surface area contributed by atoms with Crippen LogP contribution in [0.3, 0.4) is 0 Å². The van der Waals surface area contributed by atoms with E-state index in [1.54, 1.807) is 6.54 Å². The van der Waals surface area contributed by atoms with Gasteiger partial charge in [0.25, 0.3) is 0 Å². The summed E-state index contributed by atoms with van der Waals surface area (Å²) in [7, 11) is -3.44. The van der Waals surface area contributed by atoms with Crippen LogP contribution in [-0.2, 0) is 10.0 Å². The van der Waals surface area contributed by atoms with Crippen LogP contribution in [0.25, 0.3) is 0 Å². The highest BCUT2D eigenvalue weighted by Gasteiger charge is 2.43. The molecule has 1 radical (unpaired) electrons. The van der Waals surface area contributed by atoms with Crippen molar-refractivity contribution in [2.24, 2.45) is 0 Å². The Morgan fingerprint density at radius 3 is 2.55 bits per heavy atom. The number of halogens is 2. The van der Waals surface area contributed by atoms with Gasteiger partial charge in [0.15, 0.2) is 0 Å². The predicted molar refractivity (Wildman–Crippen MR) is 71.0 cm³/mol. The number of nitrogens with zero attached hydrogens (tertiary/aromatic N) is 1. The Bertz CT molecular complexity index is 614. The SMILES string of the molecule is O=S(=O)(C1CCC1)N1[CH]CC[C@@H]1c1cc(F)ccc1F. The molecule has 1 aliphatic carbocycles. The molecular weight excluding hydrogens is 284 g/mol. The van der Waals surface area contributed by atoms with Crippen LogP contribution in [0.4, 0.5) is 8.78 Å². The second-order valence-corrected chi connectivity index (χ2v) is 7.49. The van der Waals surface area contributed by atoms with Crippen molar-refractivity contribution in [3.8, 4) is 0 Å². The maximum absolute atomic E-state index is 13.9. The van der Waals surface area contributed by atoms with Crippen molar-refractivity contribution in [1.29, 1.82) is 0 Å². The van der Waals surface area contributed by atoms with E-state index in [1.807, 2.05) is 0 Å². The van der Waals surface area contributed by atoms with E-state index in [2.05, 4.69) is 0 Å². The van der Waals surface area contributed by atoms with Crippen molar-refractivity contribution in [1.82, 2.24) is 4.31 Å². The van der Waals surface area contributed by atoms with E-state index in [1.165, 1.54) is 4.31 Å². The number of hydrogen-bond acceptors (Lipinski definition) is 2. The Balaban J connectivity index is 1.94. The first-order valence-corrected chi connectivity index (χ1v) is 8.31. The Morgan fingerprint density at radius 2 is 1.90 bits per heavy atom. The van der Waals surface area contributed by atoms with Crippen LogP contribution in [0.2, 0.25) is 0 Å². The largest absolute Gasteiger partial charge is 0.217 e. The molecule has 1 aromatic rings. The van der Waals surface area contributed by atoms with Gasteiger partial charge in [0.1, 0.15) is 11.6 Å². The zero-order valence-electron chi connectivity index (χ0n) is 10.9. The summed E-state index contributed by atoms with van der Waals surface area (Å²) < 4.78 is 53.4. The first kappa shape index (κ1) is 13.9. The van der Waals surface area contributed by atoms with E-state index in [9.17, 15) is 17.2 Å². The standard InChI is InChI=1S/C14H16F2NO2S/c15-10-6-7-13(16)12(9-10)14-5-2-8-17(14)20(18,19)11-3-1-4-11/h6-9,11,14H,1-5H2/t14-/m1/s1. The van der Waals surface area contributed by atoms with Gasteiger partial charge in [-0.3, -0.25) is 0 Å². The lowest BCUT2D eigenvalue weighted by Crippen LogP contribution is -2.40. The molecule has 1 heterocycles. The zero-order chi connectivity index (χ0) is 14.3. The quantitative estimate of drug-likeness (QED) is 0.860. The lowest BCUT2D eigenvalue weighted by atomic mass is 10.0. The second kappa shape index (κ2) is 5.07. The first-order chi connectivity index (χ1) is 9.50. The smallest absolute Gasteiger partial charge is 0.212 e. The molecule has 0 bridgehead atoms. The van der Waals surface area contributed by atoms with Gasteiger partial charge < -0.3 is 0 Å². The maximum Gasteiger partial charge on any atom is 0.217 e. The van der Waals surface area contributed by atoms with E-state index in [0.29, 0.717) is 25.7 Å². The Labute approximate surface area is 117 Å². The van der Waals surface area contributed by atoms with Gasteiger partial charge in [0.2, 0.25) is 10.0 Å². The van der Waals surface area contributed by atoms with Gasteiger partial charge in [0, 0.05) is 12.1 Å². The van der Waals surface area contributed by atoms with Gasteiger partial charge in [-0.15, -0.1) is 0 Å². The molecule has 109 valence electrons. The molecule has 3 nitrogen and oxygen atoms in total. The molecule has 0 unspecified atom stereocenters. The highest BCUT2D eigenvalue weighted by Crippen LogP contribution is 2.41. The van der Waals surface area contributed by atoms with Crippen LogP contribution >= 0.6 is 0 Å². The monoisotopic (exact) mass is 300 g/mol. The molecule has 1 atom stereocenters. The van der Waals surface area contributed by atoms with Gasteiger partial charge in [0.05, 0.1) is 11.3 Å². The molecular formula is C14H16F2NO2S. The summed E-state index contributed by atoms with van der Waals surface area (Å²) in [6.45, 7) is 1.60. The van der Waals surface area contributed by atoms with E-state index in [4.69, 9.17) is 0 Å². The average Bonchev–Trinajstić information content (AvgIpc) is 2.79. The summed E-state index contributed by atoms with van der Waals surface area (Å²) in [5.74, 6) is -1.10. The molecule has 0 amide bonds. The summed E-state index contributed by atoms with van der Waals surface area (Å²) >= 11 is 0. The molecule has 1 aromatic carbocycles. The minimum absolute atomic E-state index is 0.127. The van der Waals surface area contributed by atoms with Gasteiger partial charge in [-0.05, 0) is 43.9 Å². The van der Waals surface area contributed by atoms with Crippen LogP contribution in [0.5, 0.6) is 0 Å². The number of sulfonamides is 1. The number of benzene rings is 1. The lowest BCUT2D eigenvalue weighted by Gasteiger charge is -2.33. The molecule has 1 saturated carbocycles. The molecule has 3 rings (SSSR count). The third kappa shape index (κ3) is 2.24. The summed E-state index contributed by atoms with van der Waals surface area (Å²) in [5, 5.41) is -0.365. The Morgan fingerprint density at radius 1 is 1.15 bits per heavy atom. The van der Waals surface area contributed by atoms with Crippen molar-refractivity contribution >= 4 is 10.0 Å². The molecule has 0 N–H and O–H groups in total. The van der Waals surface area contributed by atoms with Gasteiger partial charge in [-0.1, -0.05) is 6.42 Å². The third-order valence-corrected chi connectivity index (χ3v) is 6.45. The molecule has 1 saturated heterocycles. The van der Waals surface area contributed by atoms with Crippen LogP contribution in [-0.4, -0.2) is 18.0 Å². The number of hydrogen-bond donors (Lipinski definition) is 0. The minimum Gasteiger partial charge on any atom is -0.212 e. The fourth-order valence-corrected chi connectivity index (χ4v) is 4.96. The van der Waals surface area contributed by atoms with Crippen molar-refractivity contribution in [2.75, 3.05) is 0 Å². The Kier molecular flexibility index (Phi) is 3.54. The van der Waals surface area contributed by atoms with Crippen molar-refractivity contribution in [2.45, 2.75) is 43.4 Å². The van der Waals surface area contributed by atoms with E-state index in [0.717, 1.165) is 24.6 Å². The maximum atomic E-state index is 13.9.